The van der Waals surface area contributed by atoms with E-state index in [1.54, 1.807) is 0 Å². The topological polar surface area (TPSA) is 0 Å². The molecular formula is C90H74. The molecule has 0 saturated carbocycles. The molecule has 17 rings (SSSR count). The van der Waals surface area contributed by atoms with Crippen molar-refractivity contribution >= 4 is 129 Å². The second kappa shape index (κ2) is 18.1. The summed E-state index contributed by atoms with van der Waals surface area (Å²) >= 11 is 0. The van der Waals surface area contributed by atoms with Crippen LogP contribution in [0.15, 0.2) is 121 Å². The second-order valence-corrected chi connectivity index (χ2v) is 30.0. The summed E-state index contributed by atoms with van der Waals surface area (Å²) in [6.07, 6.45) is 0. The summed E-state index contributed by atoms with van der Waals surface area (Å²) in [6.45, 7) is 40.9. The van der Waals surface area contributed by atoms with E-state index < -0.39 is 0 Å². The van der Waals surface area contributed by atoms with Gasteiger partial charge in [0.2, 0.25) is 0 Å². The van der Waals surface area contributed by atoms with Crippen LogP contribution < -0.4 is 0 Å². The lowest BCUT2D eigenvalue weighted by Gasteiger charge is -2.30. The minimum atomic E-state index is -0.205. The summed E-state index contributed by atoms with van der Waals surface area (Å²) < 4.78 is 0. The van der Waals surface area contributed by atoms with Crippen LogP contribution in [0.1, 0.15) is 119 Å². The summed E-state index contributed by atoms with van der Waals surface area (Å²) in [4.78, 5) is 0. The maximum atomic E-state index is 3.85. The SMILES string of the molecule is Cc1cc(C)c(-c2cc3c4cc(C#CC(C)(C)C)cc5c6cc(-c7c(C)cc(C)cc7C)cc7c8cc(-c9c(C)cc(C)cc9C)cc9c%10cc(C#CC(C)(C)C)cc%11c%12cc(-c%13c(C)cc(C)cc%13C)cc%13c(c2)c3c2c(c45)c(c67)c(c98)c(c%11%10)c2c%12%13)c(C)c1. The molecule has 0 amide bonds. The molecule has 0 nitrogen and oxygen atoms in total. The Balaban J connectivity index is 1.24. The summed E-state index contributed by atoms with van der Waals surface area (Å²) in [6, 6.07) is 49.8. The lowest BCUT2D eigenvalue weighted by atomic mass is 9.72. The third-order valence-electron chi connectivity index (χ3n) is 20.6. The van der Waals surface area contributed by atoms with Crippen LogP contribution >= 0.6 is 0 Å². The molecule has 0 atom stereocenters. The third kappa shape index (κ3) is 7.52. The highest BCUT2D eigenvalue weighted by Crippen LogP contribution is 2.62. The Morgan fingerprint density at radius 3 is 0.511 bits per heavy atom. The molecule has 0 bridgehead atoms. The maximum absolute atomic E-state index is 3.85. The molecule has 0 fully saturated rings. The van der Waals surface area contributed by atoms with Crippen LogP contribution in [0.3, 0.4) is 0 Å². The molecule has 0 heterocycles. The minimum Gasteiger partial charge on any atom is -0.0920 e. The fourth-order valence-corrected chi connectivity index (χ4v) is 18.1. The Morgan fingerprint density at radius 1 is 0.200 bits per heavy atom. The van der Waals surface area contributed by atoms with E-state index in [1.807, 2.05) is 0 Å². The molecule has 0 aliphatic heterocycles. The average molecular weight is 1160 g/mol. The summed E-state index contributed by atoms with van der Waals surface area (Å²) in [5, 5.41) is 31.8. The predicted molar refractivity (Wildman–Crippen MR) is 395 cm³/mol. The molecule has 0 aliphatic carbocycles. The number of hydrogen-bond donors (Lipinski definition) is 0. The second-order valence-electron chi connectivity index (χ2n) is 30.0. The van der Waals surface area contributed by atoms with E-state index in [2.05, 4.69) is 270 Å². The van der Waals surface area contributed by atoms with Crippen LogP contribution in [0.2, 0.25) is 0 Å². The maximum Gasteiger partial charge on any atom is 0.0258 e. The Kier molecular flexibility index (Phi) is 11.0. The van der Waals surface area contributed by atoms with Crippen molar-refractivity contribution in [1.29, 1.82) is 0 Å². The standard InChI is InChI=1S/C90H74/c1-43-23-47(5)73(48(6)24-43)57-35-65-61-31-55(19-21-89(13,14)15)32-62-67-37-59(75-51(9)27-45(3)28-52(75)10)41-71-72-42-60(76-53(11)29-46(4)30-54(76)12)38-68-64-34-56(20-22-90(16,17)18)33-63-66-36-58(74-49(7)25-44(2)26-50(74)8)40-70-69(39-57)79(65)85-83(77(61)62)87(81(67)71)88(82(68)72)84(78(63)64)86(85)80(66)70/h23-42H,1-18H3. The van der Waals surface area contributed by atoms with Gasteiger partial charge in [-0.1, -0.05) is 94.5 Å². The van der Waals surface area contributed by atoms with E-state index >= 15 is 0 Å². The Bertz CT molecular complexity index is 5390. The van der Waals surface area contributed by atoms with Crippen molar-refractivity contribution in [1.82, 2.24) is 0 Å². The van der Waals surface area contributed by atoms with Gasteiger partial charge in [0.1, 0.15) is 0 Å². The molecule has 0 heteroatoms. The van der Waals surface area contributed by atoms with Crippen molar-refractivity contribution < 1.29 is 0 Å². The van der Waals surface area contributed by atoms with E-state index in [4.69, 9.17) is 0 Å². The summed E-state index contributed by atoms with van der Waals surface area (Å²) in [5.74, 6) is 15.2. The molecule has 17 aromatic rings. The Hall–Kier alpha value is -9.46. The number of aryl methyl sites for hydroxylation is 12. The van der Waals surface area contributed by atoms with Gasteiger partial charge < -0.3 is 0 Å². The molecule has 0 spiro atoms. The first kappa shape index (κ1) is 54.7. The van der Waals surface area contributed by atoms with E-state index in [0.29, 0.717) is 0 Å². The lowest BCUT2D eigenvalue weighted by Crippen LogP contribution is -2.03. The van der Waals surface area contributed by atoms with Crippen LogP contribution in [-0.2, 0) is 0 Å². The van der Waals surface area contributed by atoms with Crippen LogP contribution in [0.25, 0.3) is 174 Å². The molecule has 0 aromatic heterocycles. The van der Waals surface area contributed by atoms with Crippen molar-refractivity contribution in [3.63, 3.8) is 0 Å². The molecule has 0 unspecified atom stereocenters. The third-order valence-corrected chi connectivity index (χ3v) is 20.6. The van der Waals surface area contributed by atoms with E-state index in [1.165, 1.54) is 241 Å². The van der Waals surface area contributed by atoms with Gasteiger partial charge in [0.15, 0.2) is 0 Å². The lowest BCUT2D eigenvalue weighted by molar-refractivity contribution is 0.570. The number of fused-ring (bicyclic) bond motifs is 6. The zero-order valence-electron chi connectivity index (χ0n) is 55.5. The van der Waals surface area contributed by atoms with Gasteiger partial charge >= 0.3 is 0 Å². The van der Waals surface area contributed by atoms with Crippen LogP contribution in [0, 0.1) is 118 Å². The van der Waals surface area contributed by atoms with Gasteiger partial charge in [0.25, 0.3) is 0 Å². The Morgan fingerprint density at radius 2 is 0.356 bits per heavy atom. The zero-order chi connectivity index (χ0) is 62.5. The number of rotatable bonds is 4. The minimum absolute atomic E-state index is 0.205. The van der Waals surface area contributed by atoms with Crippen LogP contribution in [-0.4, -0.2) is 0 Å². The highest BCUT2D eigenvalue weighted by Gasteiger charge is 2.34. The molecular weight excluding hydrogens is 1080 g/mol. The highest BCUT2D eigenvalue weighted by atomic mass is 14.4. The number of benzene rings is 17. The van der Waals surface area contributed by atoms with E-state index in [0.717, 1.165) is 11.1 Å². The van der Waals surface area contributed by atoms with Crippen molar-refractivity contribution in [3.8, 4) is 68.2 Å². The molecule has 434 valence electrons. The summed E-state index contributed by atoms with van der Waals surface area (Å²) in [7, 11) is 0. The quantitative estimate of drug-likeness (QED) is 0.0936. The smallest absolute Gasteiger partial charge is 0.0258 e. The van der Waals surface area contributed by atoms with Gasteiger partial charge in [-0.3, -0.25) is 0 Å². The van der Waals surface area contributed by atoms with Gasteiger partial charge in [0.05, 0.1) is 0 Å². The monoisotopic (exact) mass is 1150 g/mol. The summed E-state index contributed by atoms with van der Waals surface area (Å²) in [5.41, 5.74) is 27.5. The van der Waals surface area contributed by atoms with Gasteiger partial charge in [0, 0.05) is 22.0 Å². The van der Waals surface area contributed by atoms with Gasteiger partial charge in [-0.05, 0) is 416 Å². The number of hydrogen-bond acceptors (Lipinski definition) is 0. The highest BCUT2D eigenvalue weighted by molar-refractivity contribution is 6.61. The fourth-order valence-electron chi connectivity index (χ4n) is 18.1. The largest absolute Gasteiger partial charge is 0.0920 e. The van der Waals surface area contributed by atoms with E-state index in [-0.39, 0.29) is 10.8 Å². The van der Waals surface area contributed by atoms with Crippen molar-refractivity contribution in [2.75, 3.05) is 0 Å². The van der Waals surface area contributed by atoms with Crippen molar-refractivity contribution in [2.24, 2.45) is 10.8 Å². The first-order valence-electron chi connectivity index (χ1n) is 32.5. The zero-order valence-corrected chi connectivity index (χ0v) is 55.5. The predicted octanol–water partition coefficient (Wildman–Crippen LogP) is 25.3. The molecule has 0 N–H and O–H groups in total. The molecule has 17 aromatic carbocycles. The van der Waals surface area contributed by atoms with Gasteiger partial charge in [-0.25, -0.2) is 0 Å². The molecule has 0 radical (unpaired) electrons. The van der Waals surface area contributed by atoms with Crippen molar-refractivity contribution in [3.05, 3.63) is 199 Å². The molecule has 0 saturated heterocycles. The first-order valence-corrected chi connectivity index (χ1v) is 32.5. The van der Waals surface area contributed by atoms with Crippen LogP contribution in [0.5, 0.6) is 0 Å². The average Bonchev–Trinajstić information content (AvgIpc) is 0.643. The van der Waals surface area contributed by atoms with Crippen molar-refractivity contribution in [2.45, 2.75) is 125 Å². The first-order chi connectivity index (χ1) is 42.8. The van der Waals surface area contributed by atoms with Gasteiger partial charge in [-0.15, -0.1) is 0 Å². The molecule has 0 aliphatic rings. The molecule has 90 heavy (non-hydrogen) atoms. The normalized spacial score (nSPS) is 12.8. The fraction of sp³-hybridized carbons (Fsp3) is 0.222. The van der Waals surface area contributed by atoms with Gasteiger partial charge in [-0.2, -0.15) is 0 Å². The van der Waals surface area contributed by atoms with Crippen LogP contribution in [0.4, 0.5) is 0 Å². The Labute approximate surface area is 528 Å². The van der Waals surface area contributed by atoms with E-state index in [9.17, 15) is 0 Å².